The minimum Gasteiger partial charge on any atom is -0.481 e. The van der Waals surface area contributed by atoms with Gasteiger partial charge in [-0.25, -0.2) is 9.97 Å². The Morgan fingerprint density at radius 3 is 3.15 bits per heavy atom. The van der Waals surface area contributed by atoms with Crippen LogP contribution in [0.5, 0.6) is 0 Å². The number of anilines is 3. The first kappa shape index (κ1) is 15.9. The third-order valence-corrected chi connectivity index (χ3v) is 6.71. The van der Waals surface area contributed by atoms with E-state index < -0.39 is 5.97 Å². The van der Waals surface area contributed by atoms with E-state index in [-0.39, 0.29) is 5.92 Å². The summed E-state index contributed by atoms with van der Waals surface area (Å²) >= 11 is 3.12. The molecule has 2 aliphatic rings. The van der Waals surface area contributed by atoms with E-state index in [4.69, 9.17) is 0 Å². The molecule has 0 saturated carbocycles. The lowest BCUT2D eigenvalue weighted by Crippen LogP contribution is -2.21. The van der Waals surface area contributed by atoms with Crippen LogP contribution < -0.4 is 15.6 Å². The molecule has 5 rings (SSSR count). The largest absolute Gasteiger partial charge is 0.481 e. The summed E-state index contributed by atoms with van der Waals surface area (Å²) < 4.78 is 0. The first-order valence-electron chi connectivity index (χ1n) is 8.26. The number of hydrazine groups is 1. The van der Waals surface area contributed by atoms with Crippen LogP contribution in [0.2, 0.25) is 0 Å². The van der Waals surface area contributed by atoms with E-state index in [0.717, 1.165) is 43.6 Å². The number of fused-ring (bicyclic) bond motifs is 4. The van der Waals surface area contributed by atoms with Crippen LogP contribution in [0, 0.1) is 5.92 Å². The minimum absolute atomic E-state index is 0.298. The second-order valence-electron chi connectivity index (χ2n) is 6.35. The van der Waals surface area contributed by atoms with Crippen LogP contribution in [0.1, 0.15) is 16.9 Å². The molecular weight excluding hydrogens is 370 g/mol. The van der Waals surface area contributed by atoms with Gasteiger partial charge >= 0.3 is 5.97 Å². The van der Waals surface area contributed by atoms with E-state index in [1.807, 2.05) is 12.1 Å². The van der Waals surface area contributed by atoms with Crippen LogP contribution >= 0.6 is 23.3 Å². The highest BCUT2D eigenvalue weighted by Gasteiger charge is 2.28. The molecule has 0 spiro atoms. The smallest absolute Gasteiger partial charge is 0.306 e. The normalized spacial score (nSPS) is 18.2. The highest BCUT2D eigenvalue weighted by molar-refractivity contribution is 7.98. The Labute approximate surface area is 157 Å². The van der Waals surface area contributed by atoms with E-state index in [0.29, 0.717) is 12.8 Å². The van der Waals surface area contributed by atoms with Crippen molar-refractivity contribution in [1.29, 1.82) is 0 Å². The number of aliphatic carboxylic acids is 1. The number of nitrogens with zero attached hydrogens (tertiary/aromatic N) is 2. The van der Waals surface area contributed by atoms with Crippen molar-refractivity contribution in [2.24, 2.45) is 5.92 Å². The number of rotatable bonds is 3. The second-order valence-corrected chi connectivity index (χ2v) is 8.28. The third-order valence-electron chi connectivity index (χ3n) is 4.79. The van der Waals surface area contributed by atoms with Crippen LogP contribution in [0.4, 0.5) is 17.2 Å². The summed E-state index contributed by atoms with van der Waals surface area (Å²) in [6.07, 6.45) is 3.56. The molecule has 4 N–H and O–H groups in total. The molecule has 2 aromatic heterocycles. The van der Waals surface area contributed by atoms with Crippen molar-refractivity contribution in [3.63, 3.8) is 0 Å². The number of nitrogens with one attached hydrogen (secondary N) is 3. The molecule has 1 aromatic carbocycles. The fourth-order valence-corrected chi connectivity index (χ4v) is 5.43. The Morgan fingerprint density at radius 2 is 2.27 bits per heavy atom. The van der Waals surface area contributed by atoms with Crippen molar-refractivity contribution < 1.29 is 9.90 Å². The molecule has 9 heteroatoms. The molecule has 0 radical (unpaired) electrons. The molecule has 7 nitrogen and oxygen atoms in total. The van der Waals surface area contributed by atoms with E-state index in [9.17, 15) is 9.90 Å². The summed E-state index contributed by atoms with van der Waals surface area (Å²) in [5.41, 5.74) is 6.30. The Hall–Kier alpha value is -2.36. The van der Waals surface area contributed by atoms with E-state index in [1.54, 1.807) is 17.7 Å². The van der Waals surface area contributed by atoms with Gasteiger partial charge in [0.05, 0.1) is 21.9 Å². The molecule has 1 unspecified atom stereocenters. The number of aryl methyl sites for hydroxylation is 1. The van der Waals surface area contributed by atoms with Crippen molar-refractivity contribution in [3.8, 4) is 0 Å². The molecule has 0 saturated heterocycles. The highest BCUT2D eigenvalue weighted by atomic mass is 32.2. The molecule has 1 aliphatic carbocycles. The number of aromatic nitrogens is 2. The summed E-state index contributed by atoms with van der Waals surface area (Å²) in [7, 11) is 0. The maximum atomic E-state index is 11.3. The van der Waals surface area contributed by atoms with Crippen LogP contribution in [0.15, 0.2) is 29.4 Å². The zero-order valence-corrected chi connectivity index (χ0v) is 15.2. The number of hydrogen-bond acceptors (Lipinski definition) is 8. The molecule has 1 aliphatic heterocycles. The average molecular weight is 385 g/mol. The van der Waals surface area contributed by atoms with Crippen molar-refractivity contribution in [2.45, 2.75) is 24.2 Å². The van der Waals surface area contributed by atoms with Gasteiger partial charge < -0.3 is 15.8 Å². The lowest BCUT2D eigenvalue weighted by Gasteiger charge is -2.18. The molecule has 1 atom stereocenters. The molecule has 3 aromatic rings. The lowest BCUT2D eigenvalue weighted by molar-refractivity contribution is -0.142. The van der Waals surface area contributed by atoms with Gasteiger partial charge in [0.1, 0.15) is 17.0 Å². The van der Waals surface area contributed by atoms with Gasteiger partial charge in [0.2, 0.25) is 0 Å². The van der Waals surface area contributed by atoms with E-state index in [1.165, 1.54) is 17.5 Å². The fraction of sp³-hybridized carbons (Fsp3) is 0.235. The minimum atomic E-state index is -0.713. The summed E-state index contributed by atoms with van der Waals surface area (Å²) in [4.78, 5) is 26.4. The van der Waals surface area contributed by atoms with E-state index in [2.05, 4.69) is 31.6 Å². The van der Waals surface area contributed by atoms with Crippen LogP contribution in [0.3, 0.4) is 0 Å². The van der Waals surface area contributed by atoms with Gasteiger partial charge in [-0.15, -0.1) is 11.3 Å². The molecule has 0 bridgehead atoms. The Morgan fingerprint density at radius 1 is 1.35 bits per heavy atom. The van der Waals surface area contributed by atoms with Crippen molar-refractivity contribution >= 4 is 56.7 Å². The predicted octanol–water partition coefficient (Wildman–Crippen LogP) is 3.56. The Balaban J connectivity index is 1.54. The molecular formula is C17H15N5O2S2. The first-order valence-corrected chi connectivity index (χ1v) is 9.89. The van der Waals surface area contributed by atoms with Crippen LogP contribution in [-0.4, -0.2) is 21.0 Å². The standard InChI is InChI=1S/C17H15N5O2S2/c23-17(24)8-1-3-10-12(5-8)25-16-14(10)15(18-7-19-16)20-9-2-4-11-13(6-9)26-22-21-11/h2,4,6-8,21-22H,1,3,5H2,(H,23,24)(H,18,19,20). The summed E-state index contributed by atoms with van der Waals surface area (Å²) in [6.45, 7) is 0. The third kappa shape index (κ3) is 2.59. The maximum absolute atomic E-state index is 11.3. The zero-order chi connectivity index (χ0) is 17.7. The van der Waals surface area contributed by atoms with Crippen molar-refractivity contribution in [2.75, 3.05) is 10.7 Å². The second kappa shape index (κ2) is 6.11. The number of hydrogen-bond donors (Lipinski definition) is 4. The molecule has 26 heavy (non-hydrogen) atoms. The predicted molar refractivity (Wildman–Crippen MR) is 103 cm³/mol. The highest BCUT2D eigenvalue weighted by Crippen LogP contribution is 2.41. The number of thiophene rings is 1. The van der Waals surface area contributed by atoms with Gasteiger partial charge in [0.25, 0.3) is 0 Å². The lowest BCUT2D eigenvalue weighted by atomic mass is 9.88. The van der Waals surface area contributed by atoms with E-state index >= 15 is 0 Å². The van der Waals surface area contributed by atoms with Gasteiger partial charge in [0.15, 0.2) is 0 Å². The quantitative estimate of drug-likeness (QED) is 0.508. The number of carboxylic acids is 1. The van der Waals surface area contributed by atoms with Gasteiger partial charge in [-0.3, -0.25) is 4.79 Å². The topological polar surface area (TPSA) is 99.2 Å². The fourth-order valence-electron chi connectivity index (χ4n) is 3.48. The molecule has 3 heterocycles. The monoisotopic (exact) mass is 385 g/mol. The van der Waals surface area contributed by atoms with Gasteiger partial charge in [-0.1, -0.05) is 0 Å². The SMILES string of the molecule is O=C(O)C1CCc2c(sc3ncnc(Nc4ccc5c(c4)SNN5)c23)C1. The molecule has 132 valence electrons. The average Bonchev–Trinajstić information content (AvgIpc) is 3.25. The van der Waals surface area contributed by atoms with Gasteiger partial charge in [-0.05, 0) is 55.0 Å². The summed E-state index contributed by atoms with van der Waals surface area (Å²) in [6, 6.07) is 6.09. The van der Waals surface area contributed by atoms with Crippen LogP contribution in [0.25, 0.3) is 10.2 Å². The Bertz CT molecular complexity index is 1040. The van der Waals surface area contributed by atoms with Gasteiger partial charge in [0, 0.05) is 10.6 Å². The van der Waals surface area contributed by atoms with Crippen molar-refractivity contribution in [3.05, 3.63) is 35.0 Å². The summed E-state index contributed by atoms with van der Waals surface area (Å²) in [5, 5.41) is 13.8. The van der Waals surface area contributed by atoms with Gasteiger partial charge in [-0.2, -0.15) is 4.83 Å². The zero-order valence-electron chi connectivity index (χ0n) is 13.6. The molecule has 0 amide bonds. The molecule has 0 fully saturated rings. The summed E-state index contributed by atoms with van der Waals surface area (Å²) in [5.74, 6) is -0.228. The van der Waals surface area contributed by atoms with Crippen LogP contribution in [-0.2, 0) is 17.6 Å². The first-order chi connectivity index (χ1) is 12.7. The Kier molecular flexibility index (Phi) is 3.73. The van der Waals surface area contributed by atoms with Crippen molar-refractivity contribution in [1.82, 2.24) is 14.8 Å². The number of carboxylic acid groups (broad SMARTS) is 1. The number of benzene rings is 1. The number of carbonyl (C=O) groups is 1. The maximum Gasteiger partial charge on any atom is 0.306 e.